The standard InChI is InChI=1S/C18H24F2N6OS/c1-12(2)26-16(10-13(3)24-26)28-18(19,20)14-5-8-25(9-6-14)17(27)23-15-4-7-21-22-11-15/h4,7,10-12,14H,5-6,8-9H2,1-3H3,(H,21,23,27). The van der Waals surface area contributed by atoms with Crippen molar-refractivity contribution in [3.63, 3.8) is 0 Å². The Hall–Kier alpha value is -2.23. The second kappa shape index (κ2) is 8.42. The Labute approximate surface area is 166 Å². The van der Waals surface area contributed by atoms with Crippen LogP contribution in [-0.4, -0.2) is 49.3 Å². The van der Waals surface area contributed by atoms with Crippen LogP contribution in [-0.2, 0) is 0 Å². The average molecular weight is 410 g/mol. The number of nitrogens with one attached hydrogen (secondary N) is 1. The summed E-state index contributed by atoms with van der Waals surface area (Å²) in [7, 11) is 0. The van der Waals surface area contributed by atoms with Crippen molar-refractivity contribution in [2.75, 3.05) is 18.4 Å². The summed E-state index contributed by atoms with van der Waals surface area (Å²) in [4.78, 5) is 13.9. The van der Waals surface area contributed by atoms with E-state index in [1.807, 2.05) is 13.8 Å². The number of rotatable bonds is 5. The van der Waals surface area contributed by atoms with E-state index in [1.54, 1.807) is 28.6 Å². The van der Waals surface area contributed by atoms with E-state index in [4.69, 9.17) is 0 Å². The van der Waals surface area contributed by atoms with Crippen LogP contribution in [0.5, 0.6) is 0 Å². The predicted molar refractivity (Wildman–Crippen MR) is 104 cm³/mol. The molecule has 0 saturated carbocycles. The van der Waals surface area contributed by atoms with Crippen molar-refractivity contribution in [2.45, 2.75) is 49.9 Å². The van der Waals surface area contributed by atoms with E-state index in [-0.39, 0.29) is 38.0 Å². The molecule has 2 aromatic rings. The van der Waals surface area contributed by atoms with Gasteiger partial charge in [0.25, 0.3) is 0 Å². The summed E-state index contributed by atoms with van der Waals surface area (Å²) in [5.74, 6) is -0.792. The van der Waals surface area contributed by atoms with Gasteiger partial charge in [-0.25, -0.2) is 4.79 Å². The van der Waals surface area contributed by atoms with Crippen LogP contribution in [0.3, 0.4) is 0 Å². The molecule has 0 spiro atoms. The Kier molecular flexibility index (Phi) is 6.17. The van der Waals surface area contributed by atoms with Crippen LogP contribution in [0.2, 0.25) is 0 Å². The van der Waals surface area contributed by atoms with Gasteiger partial charge in [-0.3, -0.25) is 4.68 Å². The van der Waals surface area contributed by atoms with E-state index in [9.17, 15) is 13.6 Å². The normalized spacial score (nSPS) is 15.9. The van der Waals surface area contributed by atoms with Gasteiger partial charge in [0, 0.05) is 25.0 Å². The third-order valence-corrected chi connectivity index (χ3v) is 5.77. The van der Waals surface area contributed by atoms with E-state index in [2.05, 4.69) is 20.6 Å². The zero-order valence-corrected chi connectivity index (χ0v) is 16.9. The number of aryl methyl sites for hydroxylation is 1. The molecule has 1 aliphatic rings. The number of hydrogen-bond acceptors (Lipinski definition) is 5. The molecular formula is C18H24F2N6OS. The molecule has 1 N–H and O–H groups in total. The van der Waals surface area contributed by atoms with Gasteiger partial charge in [0.05, 0.1) is 23.8 Å². The lowest BCUT2D eigenvalue weighted by Gasteiger charge is -2.35. The molecule has 0 radical (unpaired) electrons. The second-order valence-corrected chi connectivity index (χ2v) is 8.32. The van der Waals surface area contributed by atoms with Crippen molar-refractivity contribution in [1.82, 2.24) is 24.9 Å². The molecule has 1 aliphatic heterocycles. The summed E-state index contributed by atoms with van der Waals surface area (Å²) in [5.41, 5.74) is 1.25. The van der Waals surface area contributed by atoms with Crippen molar-refractivity contribution in [3.05, 3.63) is 30.2 Å². The molecule has 2 aromatic heterocycles. The molecule has 1 fully saturated rings. The second-order valence-electron chi connectivity index (χ2n) is 7.15. The summed E-state index contributed by atoms with van der Waals surface area (Å²) in [5, 5.41) is 11.9. The Balaban J connectivity index is 1.58. The van der Waals surface area contributed by atoms with E-state index in [0.717, 1.165) is 5.69 Å². The first-order chi connectivity index (χ1) is 13.3. The molecule has 2 amide bonds. The summed E-state index contributed by atoms with van der Waals surface area (Å²) in [6.45, 7) is 6.21. The van der Waals surface area contributed by atoms with Gasteiger partial charge in [-0.05, 0) is 57.5 Å². The molecule has 3 rings (SSSR count). The van der Waals surface area contributed by atoms with Gasteiger partial charge < -0.3 is 10.2 Å². The number of likely N-dealkylation sites (tertiary alicyclic amines) is 1. The number of carbonyl (C=O) groups is 1. The van der Waals surface area contributed by atoms with Crippen LogP contribution in [0.15, 0.2) is 29.6 Å². The number of urea groups is 1. The first-order valence-electron chi connectivity index (χ1n) is 9.22. The van der Waals surface area contributed by atoms with Crippen LogP contribution in [0, 0.1) is 12.8 Å². The maximum Gasteiger partial charge on any atom is 0.321 e. The highest BCUT2D eigenvalue weighted by Gasteiger charge is 2.43. The lowest BCUT2D eigenvalue weighted by molar-refractivity contribution is 0.00970. The maximum atomic E-state index is 14.9. The smallest absolute Gasteiger partial charge is 0.321 e. The molecule has 3 heterocycles. The van der Waals surface area contributed by atoms with Gasteiger partial charge in [0.1, 0.15) is 5.03 Å². The topological polar surface area (TPSA) is 75.9 Å². The molecule has 0 bridgehead atoms. The predicted octanol–water partition coefficient (Wildman–Crippen LogP) is 4.19. The molecule has 0 aliphatic carbocycles. The monoisotopic (exact) mass is 410 g/mol. The van der Waals surface area contributed by atoms with Crippen molar-refractivity contribution in [2.24, 2.45) is 5.92 Å². The SMILES string of the molecule is Cc1cc(SC(F)(F)C2CCN(C(=O)Nc3ccnnc3)CC2)n(C(C)C)n1. The fraction of sp³-hybridized carbons (Fsp3) is 0.556. The van der Waals surface area contributed by atoms with E-state index in [0.29, 0.717) is 22.5 Å². The quantitative estimate of drug-likeness (QED) is 0.748. The van der Waals surface area contributed by atoms with Crippen molar-refractivity contribution >= 4 is 23.5 Å². The number of nitrogens with zero attached hydrogens (tertiary/aromatic N) is 5. The van der Waals surface area contributed by atoms with Gasteiger partial charge in [-0.1, -0.05) is 0 Å². The Morgan fingerprint density at radius 1 is 1.32 bits per heavy atom. The molecular weight excluding hydrogens is 386 g/mol. The lowest BCUT2D eigenvalue weighted by atomic mass is 9.97. The van der Waals surface area contributed by atoms with Gasteiger partial charge in [-0.15, -0.1) is 0 Å². The van der Waals surface area contributed by atoms with Crippen molar-refractivity contribution < 1.29 is 13.6 Å². The number of halogens is 2. The Morgan fingerprint density at radius 2 is 2.04 bits per heavy atom. The largest absolute Gasteiger partial charge is 0.325 e. The molecule has 0 unspecified atom stereocenters. The van der Waals surface area contributed by atoms with Crippen LogP contribution < -0.4 is 5.32 Å². The summed E-state index contributed by atoms with van der Waals surface area (Å²) in [6, 6.07) is 3.03. The minimum Gasteiger partial charge on any atom is -0.325 e. The third-order valence-electron chi connectivity index (χ3n) is 4.65. The molecule has 152 valence electrons. The first-order valence-corrected chi connectivity index (χ1v) is 10.0. The van der Waals surface area contributed by atoms with Gasteiger partial charge in [-0.2, -0.15) is 24.1 Å². The maximum absolute atomic E-state index is 14.9. The lowest BCUT2D eigenvalue weighted by Crippen LogP contribution is -2.44. The van der Waals surface area contributed by atoms with Gasteiger partial charge in [0.2, 0.25) is 0 Å². The number of carbonyl (C=O) groups excluding carboxylic acids is 1. The molecule has 0 aromatic carbocycles. The van der Waals surface area contributed by atoms with E-state index in [1.165, 1.54) is 12.4 Å². The summed E-state index contributed by atoms with van der Waals surface area (Å²) in [6.07, 6.45) is 3.41. The molecule has 0 atom stereocenters. The number of piperidine rings is 1. The van der Waals surface area contributed by atoms with Crippen LogP contribution >= 0.6 is 11.8 Å². The van der Waals surface area contributed by atoms with E-state index < -0.39 is 11.2 Å². The zero-order valence-electron chi connectivity index (χ0n) is 16.1. The number of alkyl halides is 2. The number of thioether (sulfide) groups is 1. The third kappa shape index (κ3) is 4.78. The van der Waals surface area contributed by atoms with Crippen LogP contribution in [0.4, 0.5) is 19.3 Å². The van der Waals surface area contributed by atoms with Crippen LogP contribution in [0.25, 0.3) is 0 Å². The highest BCUT2D eigenvalue weighted by molar-refractivity contribution is 8.00. The molecule has 1 saturated heterocycles. The van der Waals surface area contributed by atoms with Crippen molar-refractivity contribution in [1.29, 1.82) is 0 Å². The number of anilines is 1. The van der Waals surface area contributed by atoms with Crippen LogP contribution in [0.1, 0.15) is 38.4 Å². The number of aromatic nitrogens is 4. The summed E-state index contributed by atoms with van der Waals surface area (Å²) < 4.78 is 31.5. The fourth-order valence-electron chi connectivity index (χ4n) is 3.15. The fourth-order valence-corrected chi connectivity index (χ4v) is 4.40. The highest BCUT2D eigenvalue weighted by atomic mass is 32.2. The Bertz CT molecular complexity index is 806. The molecule has 28 heavy (non-hydrogen) atoms. The zero-order chi connectivity index (χ0) is 20.3. The number of hydrogen-bond donors (Lipinski definition) is 1. The minimum absolute atomic E-state index is 0.0141. The molecule has 7 nitrogen and oxygen atoms in total. The van der Waals surface area contributed by atoms with Crippen molar-refractivity contribution in [3.8, 4) is 0 Å². The Morgan fingerprint density at radius 3 is 2.64 bits per heavy atom. The van der Waals surface area contributed by atoms with Gasteiger partial charge in [0.15, 0.2) is 0 Å². The first kappa shape index (κ1) is 20.5. The summed E-state index contributed by atoms with van der Waals surface area (Å²) >= 11 is 0.573. The minimum atomic E-state index is -2.92. The highest BCUT2D eigenvalue weighted by Crippen LogP contribution is 2.46. The molecule has 10 heteroatoms. The average Bonchev–Trinajstić information content (AvgIpc) is 3.02. The van der Waals surface area contributed by atoms with Gasteiger partial charge >= 0.3 is 11.3 Å². The number of amides is 2. The van der Waals surface area contributed by atoms with E-state index >= 15 is 0 Å².